The van der Waals surface area contributed by atoms with Crippen LogP contribution in [0.1, 0.15) is 17.2 Å². The Bertz CT molecular complexity index is 681. The Morgan fingerprint density at radius 1 is 1.32 bits per heavy atom. The van der Waals surface area contributed by atoms with Crippen LogP contribution in [0.15, 0.2) is 24.8 Å². The Labute approximate surface area is 109 Å². The van der Waals surface area contributed by atoms with Crippen LogP contribution in [0.5, 0.6) is 0 Å². The molecule has 0 bridgehead atoms. The Hall–Kier alpha value is -2.41. The van der Waals surface area contributed by atoms with E-state index in [9.17, 15) is 0 Å². The molecule has 0 saturated heterocycles. The molecule has 3 heterocycles. The molecular weight excluding hydrogens is 244 g/mol. The van der Waals surface area contributed by atoms with Crippen molar-refractivity contribution in [3.05, 3.63) is 42.0 Å². The van der Waals surface area contributed by atoms with Crippen molar-refractivity contribution in [1.29, 1.82) is 0 Å². The largest absolute Gasteiger partial charge is 0.377 e. The minimum absolute atomic E-state index is 0.373. The van der Waals surface area contributed by atoms with Crippen molar-refractivity contribution in [3.8, 4) is 0 Å². The summed E-state index contributed by atoms with van der Waals surface area (Å²) in [6.45, 7) is 0.373. The van der Waals surface area contributed by atoms with E-state index in [-0.39, 0.29) is 0 Å². The van der Waals surface area contributed by atoms with Gasteiger partial charge in [-0.05, 0) is 6.07 Å². The van der Waals surface area contributed by atoms with E-state index in [1.54, 1.807) is 19.5 Å². The molecule has 0 unspecified atom stereocenters. The zero-order valence-electron chi connectivity index (χ0n) is 10.4. The van der Waals surface area contributed by atoms with Crippen LogP contribution in [0.4, 0.5) is 0 Å². The minimum Gasteiger partial charge on any atom is -0.377 e. The van der Waals surface area contributed by atoms with Gasteiger partial charge in [0.1, 0.15) is 24.0 Å². The first-order valence-electron chi connectivity index (χ1n) is 5.79. The number of nitrogens with one attached hydrogen (secondary N) is 1. The third-order valence-electron chi connectivity index (χ3n) is 2.69. The quantitative estimate of drug-likeness (QED) is 0.745. The number of methoxy groups -OCH3 is 1. The van der Waals surface area contributed by atoms with Crippen LogP contribution in [0.25, 0.3) is 11.0 Å². The maximum atomic E-state index is 5.08. The molecule has 3 aromatic heterocycles. The summed E-state index contributed by atoms with van der Waals surface area (Å²) in [5.74, 6) is 0.639. The van der Waals surface area contributed by atoms with Gasteiger partial charge in [0.05, 0.1) is 11.9 Å². The van der Waals surface area contributed by atoms with Crippen LogP contribution in [0.3, 0.4) is 0 Å². The van der Waals surface area contributed by atoms with Crippen molar-refractivity contribution < 1.29 is 4.74 Å². The van der Waals surface area contributed by atoms with E-state index in [4.69, 9.17) is 4.74 Å². The van der Waals surface area contributed by atoms with Gasteiger partial charge in [0.25, 0.3) is 0 Å². The van der Waals surface area contributed by atoms with E-state index < -0.39 is 0 Å². The van der Waals surface area contributed by atoms with Gasteiger partial charge < -0.3 is 4.74 Å². The second-order valence-corrected chi connectivity index (χ2v) is 4.03. The molecule has 7 nitrogen and oxygen atoms in total. The first-order chi connectivity index (χ1) is 9.36. The van der Waals surface area contributed by atoms with Crippen molar-refractivity contribution >= 4 is 11.0 Å². The number of aromatic nitrogens is 6. The number of ether oxygens (including phenoxy) is 1. The van der Waals surface area contributed by atoms with Crippen molar-refractivity contribution in [2.75, 3.05) is 7.11 Å². The van der Waals surface area contributed by atoms with E-state index in [1.165, 1.54) is 6.33 Å². The second-order valence-electron chi connectivity index (χ2n) is 4.03. The smallest absolute Gasteiger partial charge is 0.155 e. The molecule has 19 heavy (non-hydrogen) atoms. The molecule has 0 spiro atoms. The molecule has 0 radical (unpaired) electrons. The summed E-state index contributed by atoms with van der Waals surface area (Å²) in [5.41, 5.74) is 3.37. The monoisotopic (exact) mass is 256 g/mol. The average Bonchev–Trinajstić information content (AvgIpc) is 2.89. The standard InChI is InChI=1S/C12H12N6O/c1-19-6-11-16-9(4-8-2-3-13-7-14-8)12-10(17-11)5-15-18-12/h2-3,5,7H,4,6H2,1H3,(H,15,18). The molecule has 1 N–H and O–H groups in total. The summed E-state index contributed by atoms with van der Waals surface area (Å²) < 4.78 is 5.08. The van der Waals surface area contributed by atoms with Gasteiger partial charge in [-0.25, -0.2) is 19.9 Å². The number of hydrogen-bond acceptors (Lipinski definition) is 6. The summed E-state index contributed by atoms with van der Waals surface area (Å²) in [7, 11) is 1.62. The highest BCUT2D eigenvalue weighted by Gasteiger charge is 2.10. The number of fused-ring (bicyclic) bond motifs is 1. The Kier molecular flexibility index (Phi) is 3.11. The van der Waals surface area contributed by atoms with E-state index in [0.29, 0.717) is 18.9 Å². The average molecular weight is 256 g/mol. The topological polar surface area (TPSA) is 89.5 Å². The summed E-state index contributed by atoms with van der Waals surface area (Å²) in [6.07, 6.45) is 5.51. The Balaban J connectivity index is 2.03. The first-order valence-corrected chi connectivity index (χ1v) is 5.79. The van der Waals surface area contributed by atoms with Crippen molar-refractivity contribution in [2.45, 2.75) is 13.0 Å². The molecule has 3 aromatic rings. The lowest BCUT2D eigenvalue weighted by atomic mass is 10.2. The highest BCUT2D eigenvalue weighted by atomic mass is 16.5. The van der Waals surface area contributed by atoms with Crippen LogP contribution in [-0.2, 0) is 17.8 Å². The summed E-state index contributed by atoms with van der Waals surface area (Å²) in [6, 6.07) is 1.86. The molecule has 0 aliphatic heterocycles. The fourth-order valence-electron chi connectivity index (χ4n) is 1.87. The molecule has 96 valence electrons. The van der Waals surface area contributed by atoms with Crippen LogP contribution < -0.4 is 0 Å². The fraction of sp³-hybridized carbons (Fsp3) is 0.250. The Morgan fingerprint density at radius 2 is 2.26 bits per heavy atom. The van der Waals surface area contributed by atoms with Crippen molar-refractivity contribution in [1.82, 2.24) is 30.1 Å². The predicted molar refractivity (Wildman–Crippen MR) is 67.2 cm³/mol. The van der Waals surface area contributed by atoms with Crippen LogP contribution >= 0.6 is 0 Å². The van der Waals surface area contributed by atoms with E-state index in [0.717, 1.165) is 22.4 Å². The number of aromatic amines is 1. The van der Waals surface area contributed by atoms with Gasteiger partial charge in [-0.3, -0.25) is 5.10 Å². The summed E-state index contributed by atoms with van der Waals surface area (Å²) in [5, 5.41) is 6.92. The lowest BCUT2D eigenvalue weighted by molar-refractivity contribution is 0.178. The van der Waals surface area contributed by atoms with Crippen LogP contribution in [0, 0.1) is 0 Å². The van der Waals surface area contributed by atoms with E-state index >= 15 is 0 Å². The minimum atomic E-state index is 0.373. The number of rotatable bonds is 4. The molecular formula is C12H12N6O. The number of hydrogen-bond donors (Lipinski definition) is 1. The van der Waals surface area contributed by atoms with Gasteiger partial charge in [0, 0.05) is 25.4 Å². The molecule has 0 aliphatic carbocycles. The molecule has 0 saturated carbocycles. The fourth-order valence-corrected chi connectivity index (χ4v) is 1.87. The number of H-pyrrole nitrogens is 1. The van der Waals surface area contributed by atoms with E-state index in [2.05, 4.69) is 30.1 Å². The molecule has 0 aliphatic rings. The SMILES string of the molecule is COCc1nc(Cc2ccncn2)c2[nH]ncc2n1. The second kappa shape index (κ2) is 5.07. The summed E-state index contributed by atoms with van der Waals surface area (Å²) in [4.78, 5) is 17.0. The van der Waals surface area contributed by atoms with Gasteiger partial charge >= 0.3 is 0 Å². The van der Waals surface area contributed by atoms with Gasteiger partial charge in [-0.1, -0.05) is 0 Å². The molecule has 0 amide bonds. The van der Waals surface area contributed by atoms with Crippen molar-refractivity contribution in [3.63, 3.8) is 0 Å². The molecule has 3 rings (SSSR count). The molecule has 7 heteroatoms. The molecule has 0 fully saturated rings. The van der Waals surface area contributed by atoms with Crippen LogP contribution in [0.2, 0.25) is 0 Å². The Morgan fingerprint density at radius 3 is 3.05 bits per heavy atom. The van der Waals surface area contributed by atoms with Gasteiger partial charge in [-0.15, -0.1) is 0 Å². The molecule has 0 aromatic carbocycles. The van der Waals surface area contributed by atoms with Crippen molar-refractivity contribution in [2.24, 2.45) is 0 Å². The highest BCUT2D eigenvalue weighted by molar-refractivity contribution is 5.75. The maximum absolute atomic E-state index is 5.08. The van der Waals surface area contributed by atoms with Gasteiger partial charge in [0.15, 0.2) is 5.82 Å². The lowest BCUT2D eigenvalue weighted by Gasteiger charge is -2.04. The molecule has 0 atom stereocenters. The maximum Gasteiger partial charge on any atom is 0.155 e. The number of nitrogens with zero attached hydrogens (tertiary/aromatic N) is 5. The third kappa shape index (κ3) is 2.41. The summed E-state index contributed by atoms with van der Waals surface area (Å²) >= 11 is 0. The van der Waals surface area contributed by atoms with E-state index in [1.807, 2.05) is 6.07 Å². The zero-order valence-corrected chi connectivity index (χ0v) is 10.4. The van der Waals surface area contributed by atoms with Gasteiger partial charge in [0.2, 0.25) is 0 Å². The normalized spacial score (nSPS) is 11.0. The highest BCUT2D eigenvalue weighted by Crippen LogP contribution is 2.15. The van der Waals surface area contributed by atoms with Gasteiger partial charge in [-0.2, -0.15) is 5.10 Å². The lowest BCUT2D eigenvalue weighted by Crippen LogP contribution is -2.03. The van der Waals surface area contributed by atoms with Crippen LogP contribution in [-0.4, -0.2) is 37.2 Å². The predicted octanol–water partition coefficient (Wildman–Crippen LogP) is 0.880. The third-order valence-corrected chi connectivity index (χ3v) is 2.69. The first kappa shape index (κ1) is 11.7. The zero-order chi connectivity index (χ0) is 13.1.